The number of hydrogen-bond acceptors (Lipinski definition) is 4. The van der Waals surface area contributed by atoms with Crippen LogP contribution < -0.4 is 0 Å². The van der Waals surface area contributed by atoms with Gasteiger partial charge in [0.15, 0.2) is 0 Å². The van der Waals surface area contributed by atoms with Gasteiger partial charge in [-0.05, 0) is 53.1 Å². The SMILES string of the molecule is Cc1ccc2c(c1)CC=CC2.O=C(Cc1ccccc1)OCc1ccccc1.O=C(Cc1ccccc1)OCc1ccccc1. The lowest BCUT2D eigenvalue weighted by atomic mass is 9.95. The second-order valence-corrected chi connectivity index (χ2v) is 10.8. The fourth-order valence-corrected chi connectivity index (χ4v) is 4.67. The number of carbonyl (C=O) groups excluding carboxylic acids is 2. The Balaban J connectivity index is 0.000000157. The summed E-state index contributed by atoms with van der Waals surface area (Å²) >= 11 is 0. The van der Waals surface area contributed by atoms with Gasteiger partial charge in [0, 0.05) is 0 Å². The lowest BCUT2D eigenvalue weighted by Gasteiger charge is -2.10. The summed E-state index contributed by atoms with van der Waals surface area (Å²) in [5.74, 6) is -0.389. The molecule has 5 aromatic carbocycles. The lowest BCUT2D eigenvalue weighted by Crippen LogP contribution is -2.07. The lowest BCUT2D eigenvalue weighted by molar-refractivity contribution is -0.145. The Bertz CT molecular complexity index is 1520. The Hall–Kier alpha value is -5.22. The monoisotopic (exact) mass is 596 g/mol. The molecule has 0 saturated heterocycles. The van der Waals surface area contributed by atoms with E-state index in [1.54, 1.807) is 0 Å². The van der Waals surface area contributed by atoms with Gasteiger partial charge in [-0.2, -0.15) is 0 Å². The third-order valence-corrected chi connectivity index (χ3v) is 7.07. The number of carbonyl (C=O) groups is 2. The van der Waals surface area contributed by atoms with E-state index in [1.807, 2.05) is 121 Å². The highest BCUT2D eigenvalue weighted by molar-refractivity contribution is 5.73. The van der Waals surface area contributed by atoms with E-state index < -0.39 is 0 Å². The van der Waals surface area contributed by atoms with Crippen molar-refractivity contribution in [1.29, 1.82) is 0 Å². The summed E-state index contributed by atoms with van der Waals surface area (Å²) in [6.07, 6.45) is 7.40. The van der Waals surface area contributed by atoms with Gasteiger partial charge in [-0.25, -0.2) is 0 Å². The molecule has 0 atom stereocenters. The number of esters is 2. The van der Waals surface area contributed by atoms with Crippen molar-refractivity contribution in [3.05, 3.63) is 191 Å². The molecule has 0 heterocycles. The Morgan fingerprint density at radius 3 is 1.29 bits per heavy atom. The van der Waals surface area contributed by atoms with Crippen molar-refractivity contribution >= 4 is 11.9 Å². The standard InChI is InChI=1S/2C15H14O2.C11H12/c2*16-15(11-13-7-3-1-4-8-13)17-12-14-9-5-2-6-10-14;1-9-6-7-10-4-2-3-5-11(10)8-9/h2*1-10H,11-12H2;2-3,6-8H,4-5H2,1H3. The average molecular weight is 597 g/mol. The van der Waals surface area contributed by atoms with Crippen LogP contribution in [0.1, 0.15) is 38.9 Å². The molecular weight excluding hydrogens is 556 g/mol. The van der Waals surface area contributed by atoms with Gasteiger partial charge in [0.2, 0.25) is 0 Å². The highest BCUT2D eigenvalue weighted by Crippen LogP contribution is 2.17. The minimum absolute atomic E-state index is 0.194. The maximum absolute atomic E-state index is 11.6. The summed E-state index contributed by atoms with van der Waals surface area (Å²) < 4.78 is 10.4. The van der Waals surface area contributed by atoms with Crippen LogP contribution in [0, 0.1) is 6.92 Å². The molecule has 0 unspecified atom stereocenters. The largest absolute Gasteiger partial charge is 0.461 e. The van der Waals surface area contributed by atoms with Crippen LogP contribution in [-0.2, 0) is 58.0 Å². The molecule has 0 saturated carbocycles. The van der Waals surface area contributed by atoms with Gasteiger partial charge in [-0.15, -0.1) is 0 Å². The molecule has 45 heavy (non-hydrogen) atoms. The third-order valence-electron chi connectivity index (χ3n) is 7.07. The van der Waals surface area contributed by atoms with Crippen LogP contribution in [0.3, 0.4) is 0 Å². The first-order chi connectivity index (χ1) is 22.0. The van der Waals surface area contributed by atoms with E-state index >= 15 is 0 Å². The predicted octanol–water partition coefficient (Wildman–Crippen LogP) is 8.59. The van der Waals surface area contributed by atoms with E-state index in [-0.39, 0.29) is 11.9 Å². The van der Waals surface area contributed by atoms with E-state index in [0.717, 1.165) is 35.1 Å². The molecule has 0 aliphatic heterocycles. The van der Waals surface area contributed by atoms with E-state index in [2.05, 4.69) is 37.3 Å². The quantitative estimate of drug-likeness (QED) is 0.133. The number of hydrogen-bond donors (Lipinski definition) is 0. The van der Waals surface area contributed by atoms with E-state index in [9.17, 15) is 9.59 Å². The first-order valence-corrected chi connectivity index (χ1v) is 15.3. The molecule has 0 aromatic heterocycles. The molecule has 0 radical (unpaired) electrons. The van der Waals surface area contributed by atoms with Gasteiger partial charge in [0.25, 0.3) is 0 Å². The summed E-state index contributed by atoms with van der Waals surface area (Å²) in [6.45, 7) is 2.83. The fraction of sp³-hybridized carbons (Fsp3) is 0.171. The van der Waals surface area contributed by atoms with Crippen LogP contribution in [0.2, 0.25) is 0 Å². The smallest absolute Gasteiger partial charge is 0.310 e. The van der Waals surface area contributed by atoms with Gasteiger partial charge in [0.1, 0.15) is 13.2 Å². The highest BCUT2D eigenvalue weighted by Gasteiger charge is 2.06. The molecular formula is C41H40O4. The second kappa shape index (κ2) is 18.4. The number of benzene rings is 5. The molecule has 228 valence electrons. The number of rotatable bonds is 8. The number of ether oxygens (including phenoxy) is 2. The Kier molecular flexibility index (Phi) is 13.4. The van der Waals surface area contributed by atoms with Gasteiger partial charge in [0.05, 0.1) is 12.8 Å². The molecule has 0 bridgehead atoms. The van der Waals surface area contributed by atoms with E-state index in [1.165, 1.54) is 16.7 Å². The van der Waals surface area contributed by atoms with Crippen molar-refractivity contribution in [2.24, 2.45) is 0 Å². The molecule has 5 aromatic rings. The van der Waals surface area contributed by atoms with Crippen molar-refractivity contribution in [3.8, 4) is 0 Å². The van der Waals surface area contributed by atoms with Gasteiger partial charge >= 0.3 is 11.9 Å². The fourth-order valence-electron chi connectivity index (χ4n) is 4.67. The Morgan fingerprint density at radius 1 is 0.489 bits per heavy atom. The molecule has 0 spiro atoms. The second-order valence-electron chi connectivity index (χ2n) is 10.8. The van der Waals surface area contributed by atoms with Crippen LogP contribution in [0.15, 0.2) is 152 Å². The van der Waals surface area contributed by atoms with E-state index in [4.69, 9.17) is 9.47 Å². The summed E-state index contributed by atoms with van der Waals surface area (Å²) in [5.41, 5.74) is 8.35. The molecule has 1 aliphatic rings. The predicted molar refractivity (Wildman–Crippen MR) is 180 cm³/mol. The topological polar surface area (TPSA) is 52.6 Å². The summed E-state index contributed by atoms with van der Waals surface area (Å²) in [7, 11) is 0. The maximum Gasteiger partial charge on any atom is 0.310 e. The molecule has 4 nitrogen and oxygen atoms in total. The molecule has 1 aliphatic carbocycles. The van der Waals surface area contributed by atoms with Gasteiger partial charge in [-0.3, -0.25) is 9.59 Å². The summed E-state index contributed by atoms with van der Waals surface area (Å²) in [4.78, 5) is 23.1. The molecule has 0 amide bonds. The molecule has 4 heteroatoms. The summed E-state index contributed by atoms with van der Waals surface area (Å²) in [5, 5.41) is 0. The Labute approximate surface area is 267 Å². The zero-order valence-corrected chi connectivity index (χ0v) is 25.8. The first kappa shape index (κ1) is 32.7. The van der Waals surface area contributed by atoms with Crippen LogP contribution in [-0.4, -0.2) is 11.9 Å². The highest BCUT2D eigenvalue weighted by atomic mass is 16.5. The number of fused-ring (bicyclic) bond motifs is 1. The minimum Gasteiger partial charge on any atom is -0.461 e. The maximum atomic E-state index is 11.6. The number of allylic oxidation sites excluding steroid dienone is 2. The van der Waals surface area contributed by atoms with Crippen molar-refractivity contribution in [2.45, 2.75) is 45.8 Å². The first-order valence-electron chi connectivity index (χ1n) is 15.3. The molecule has 0 fully saturated rings. The average Bonchev–Trinajstić information content (AvgIpc) is 3.09. The zero-order valence-electron chi connectivity index (χ0n) is 25.8. The van der Waals surface area contributed by atoms with Crippen molar-refractivity contribution < 1.29 is 19.1 Å². The van der Waals surface area contributed by atoms with Crippen molar-refractivity contribution in [2.75, 3.05) is 0 Å². The Morgan fingerprint density at radius 2 is 0.867 bits per heavy atom. The normalized spacial score (nSPS) is 11.0. The zero-order chi connectivity index (χ0) is 31.5. The van der Waals surface area contributed by atoms with Gasteiger partial charge < -0.3 is 9.47 Å². The van der Waals surface area contributed by atoms with E-state index in [0.29, 0.717) is 26.1 Å². The molecule has 0 N–H and O–H groups in total. The van der Waals surface area contributed by atoms with Crippen LogP contribution in [0.5, 0.6) is 0 Å². The van der Waals surface area contributed by atoms with Crippen molar-refractivity contribution in [1.82, 2.24) is 0 Å². The number of aryl methyl sites for hydroxylation is 1. The third kappa shape index (κ3) is 12.5. The summed E-state index contributed by atoms with van der Waals surface area (Å²) in [6, 6.07) is 45.3. The van der Waals surface area contributed by atoms with Crippen molar-refractivity contribution in [3.63, 3.8) is 0 Å². The van der Waals surface area contributed by atoms with Crippen LogP contribution in [0.4, 0.5) is 0 Å². The van der Waals surface area contributed by atoms with Crippen LogP contribution in [0.25, 0.3) is 0 Å². The molecule has 6 rings (SSSR count). The van der Waals surface area contributed by atoms with Crippen LogP contribution >= 0.6 is 0 Å². The van der Waals surface area contributed by atoms with Gasteiger partial charge in [-0.1, -0.05) is 157 Å². The minimum atomic E-state index is -0.194.